The van der Waals surface area contributed by atoms with Crippen molar-refractivity contribution in [1.82, 2.24) is 20.1 Å². The molecule has 1 aliphatic heterocycles. The van der Waals surface area contributed by atoms with Crippen molar-refractivity contribution in [1.29, 1.82) is 0 Å². The summed E-state index contributed by atoms with van der Waals surface area (Å²) in [7, 11) is 0. The minimum Gasteiger partial charge on any atom is -0.409 e. The third-order valence-corrected chi connectivity index (χ3v) is 5.83. The van der Waals surface area contributed by atoms with E-state index < -0.39 is 0 Å². The van der Waals surface area contributed by atoms with Crippen molar-refractivity contribution in [2.45, 2.75) is 32.1 Å². The minimum atomic E-state index is 0.361. The van der Waals surface area contributed by atoms with Crippen LogP contribution >= 0.6 is 11.6 Å². The molecule has 29 heavy (non-hydrogen) atoms. The fourth-order valence-electron chi connectivity index (χ4n) is 4.06. The fraction of sp³-hybridized carbons (Fsp3) is 0.318. The number of rotatable bonds is 4. The van der Waals surface area contributed by atoms with Crippen molar-refractivity contribution >= 4 is 17.4 Å². The molecule has 0 bridgehead atoms. The summed E-state index contributed by atoms with van der Waals surface area (Å²) < 4.78 is 0. The summed E-state index contributed by atoms with van der Waals surface area (Å²) in [5, 5.41) is 21.4. The van der Waals surface area contributed by atoms with Gasteiger partial charge in [0, 0.05) is 59.7 Å². The van der Waals surface area contributed by atoms with Gasteiger partial charge in [-0.2, -0.15) is 5.10 Å². The quantitative estimate of drug-likeness (QED) is 0.270. The number of pyridine rings is 1. The van der Waals surface area contributed by atoms with Crippen LogP contribution in [0.5, 0.6) is 0 Å². The van der Waals surface area contributed by atoms with Crippen LogP contribution in [0.15, 0.2) is 53.9 Å². The van der Waals surface area contributed by atoms with Gasteiger partial charge in [-0.15, -0.1) is 0 Å². The molecule has 0 amide bonds. The van der Waals surface area contributed by atoms with E-state index in [1.165, 1.54) is 0 Å². The van der Waals surface area contributed by atoms with Gasteiger partial charge >= 0.3 is 0 Å². The Morgan fingerprint density at radius 2 is 1.83 bits per heavy atom. The molecule has 0 saturated carbocycles. The Labute approximate surface area is 175 Å². The fourth-order valence-corrected chi connectivity index (χ4v) is 4.19. The average molecular weight is 410 g/mol. The van der Waals surface area contributed by atoms with Gasteiger partial charge < -0.3 is 10.1 Å². The maximum atomic E-state index is 9.22. The molecule has 1 aromatic carbocycles. The van der Waals surface area contributed by atoms with Crippen LogP contribution in [-0.2, 0) is 0 Å². The zero-order valence-corrected chi connectivity index (χ0v) is 17.1. The second-order valence-electron chi connectivity index (χ2n) is 7.23. The van der Waals surface area contributed by atoms with E-state index in [1.54, 1.807) is 0 Å². The Balaban J connectivity index is 1.69. The highest BCUT2D eigenvalue weighted by Crippen LogP contribution is 2.39. The van der Waals surface area contributed by atoms with Crippen molar-refractivity contribution in [3.05, 3.63) is 59.5 Å². The van der Waals surface area contributed by atoms with Gasteiger partial charge in [0.05, 0.1) is 0 Å². The van der Waals surface area contributed by atoms with Crippen LogP contribution in [-0.4, -0.2) is 44.2 Å². The standard InChI is InChI=1S/C22H24ClN5O/c1-2-19(27-29)28-13-9-17(10-14-28)22-20(15-7-11-24-12-8-15)21(25-26-22)16-3-5-18(23)6-4-16/h3-8,11-12,17,29H,2,9-10,13-14H2,1H3,(H,25,26)/b27-19+. The number of piperidine rings is 1. The largest absolute Gasteiger partial charge is 0.409 e. The van der Waals surface area contributed by atoms with E-state index in [9.17, 15) is 5.21 Å². The summed E-state index contributed by atoms with van der Waals surface area (Å²) in [6.45, 7) is 3.74. The predicted octanol–water partition coefficient (Wildman–Crippen LogP) is 5.17. The second-order valence-corrected chi connectivity index (χ2v) is 7.67. The summed E-state index contributed by atoms with van der Waals surface area (Å²) in [5.74, 6) is 1.11. The van der Waals surface area contributed by atoms with Gasteiger partial charge in [0.25, 0.3) is 0 Å². The van der Waals surface area contributed by atoms with Gasteiger partial charge in [0.1, 0.15) is 11.5 Å². The molecular formula is C22H24ClN5O. The number of oxime groups is 1. The van der Waals surface area contributed by atoms with Crippen LogP contribution < -0.4 is 0 Å². The molecule has 0 aliphatic carbocycles. The first-order chi connectivity index (χ1) is 14.2. The van der Waals surface area contributed by atoms with E-state index in [0.29, 0.717) is 10.9 Å². The molecule has 2 N–H and O–H groups in total. The molecule has 3 aromatic rings. The van der Waals surface area contributed by atoms with Crippen molar-refractivity contribution in [2.75, 3.05) is 13.1 Å². The van der Waals surface area contributed by atoms with Crippen LogP contribution in [0, 0.1) is 0 Å². The Morgan fingerprint density at radius 3 is 2.45 bits per heavy atom. The number of halogens is 1. The number of amidine groups is 1. The molecule has 2 aromatic heterocycles. The lowest BCUT2D eigenvalue weighted by molar-refractivity contribution is 0.269. The molecule has 0 spiro atoms. The number of nitrogens with zero attached hydrogens (tertiary/aromatic N) is 4. The lowest BCUT2D eigenvalue weighted by atomic mass is 9.87. The van der Waals surface area contributed by atoms with E-state index in [0.717, 1.165) is 66.3 Å². The van der Waals surface area contributed by atoms with Crippen LogP contribution in [0.2, 0.25) is 5.02 Å². The summed E-state index contributed by atoms with van der Waals surface area (Å²) >= 11 is 6.08. The molecule has 7 heteroatoms. The number of likely N-dealkylation sites (tertiary alicyclic amines) is 1. The van der Waals surface area contributed by atoms with Gasteiger partial charge in [-0.25, -0.2) is 0 Å². The lowest BCUT2D eigenvalue weighted by Gasteiger charge is -2.33. The molecule has 4 rings (SSSR count). The van der Waals surface area contributed by atoms with Crippen molar-refractivity contribution < 1.29 is 5.21 Å². The number of aromatic amines is 1. The highest BCUT2D eigenvalue weighted by Gasteiger charge is 2.28. The third-order valence-electron chi connectivity index (χ3n) is 5.58. The smallest absolute Gasteiger partial charge is 0.144 e. The zero-order chi connectivity index (χ0) is 20.2. The molecule has 1 fully saturated rings. The summed E-state index contributed by atoms with van der Waals surface area (Å²) in [4.78, 5) is 6.33. The van der Waals surface area contributed by atoms with Gasteiger partial charge in [-0.3, -0.25) is 10.1 Å². The van der Waals surface area contributed by atoms with E-state index in [2.05, 4.69) is 25.2 Å². The zero-order valence-electron chi connectivity index (χ0n) is 16.3. The first-order valence-electron chi connectivity index (χ1n) is 9.91. The monoisotopic (exact) mass is 409 g/mol. The summed E-state index contributed by atoms with van der Waals surface area (Å²) in [6.07, 6.45) is 6.30. The maximum absolute atomic E-state index is 9.22. The van der Waals surface area contributed by atoms with Gasteiger partial charge in [-0.1, -0.05) is 35.8 Å². The number of nitrogens with one attached hydrogen (secondary N) is 1. The Bertz CT molecular complexity index is 976. The van der Waals surface area contributed by atoms with E-state index in [4.69, 9.17) is 11.6 Å². The topological polar surface area (TPSA) is 77.4 Å². The van der Waals surface area contributed by atoms with E-state index in [-0.39, 0.29) is 0 Å². The van der Waals surface area contributed by atoms with Crippen molar-refractivity contribution in [2.24, 2.45) is 5.16 Å². The summed E-state index contributed by atoms with van der Waals surface area (Å²) in [5.41, 5.74) is 5.33. The van der Waals surface area contributed by atoms with Crippen LogP contribution in [0.1, 0.15) is 37.8 Å². The third kappa shape index (κ3) is 3.98. The van der Waals surface area contributed by atoms with Gasteiger partial charge in [-0.05, 0) is 42.7 Å². The van der Waals surface area contributed by atoms with Crippen LogP contribution in [0.4, 0.5) is 0 Å². The van der Waals surface area contributed by atoms with Crippen LogP contribution in [0.25, 0.3) is 22.4 Å². The Kier molecular flexibility index (Phi) is 5.81. The highest BCUT2D eigenvalue weighted by atomic mass is 35.5. The van der Waals surface area contributed by atoms with Crippen LogP contribution in [0.3, 0.4) is 0 Å². The van der Waals surface area contributed by atoms with Crippen molar-refractivity contribution in [3.63, 3.8) is 0 Å². The Hall–Kier alpha value is -2.86. The molecular weight excluding hydrogens is 386 g/mol. The first-order valence-corrected chi connectivity index (χ1v) is 10.3. The summed E-state index contributed by atoms with van der Waals surface area (Å²) in [6, 6.07) is 11.8. The maximum Gasteiger partial charge on any atom is 0.144 e. The molecule has 0 unspecified atom stereocenters. The normalized spacial score (nSPS) is 15.7. The second kappa shape index (κ2) is 8.66. The number of hydrogen-bond donors (Lipinski definition) is 2. The van der Waals surface area contributed by atoms with Gasteiger partial charge in [0.2, 0.25) is 0 Å². The first kappa shape index (κ1) is 19.5. The lowest BCUT2D eigenvalue weighted by Crippen LogP contribution is -2.37. The van der Waals surface area contributed by atoms with E-state index in [1.807, 2.05) is 55.7 Å². The highest BCUT2D eigenvalue weighted by molar-refractivity contribution is 6.30. The number of benzene rings is 1. The van der Waals surface area contributed by atoms with Gasteiger partial charge in [0.15, 0.2) is 0 Å². The van der Waals surface area contributed by atoms with Crippen molar-refractivity contribution in [3.8, 4) is 22.4 Å². The molecule has 6 nitrogen and oxygen atoms in total. The average Bonchev–Trinajstić information content (AvgIpc) is 3.21. The number of H-pyrrole nitrogens is 1. The number of aromatic nitrogens is 3. The van der Waals surface area contributed by atoms with E-state index >= 15 is 0 Å². The molecule has 1 saturated heterocycles. The minimum absolute atomic E-state index is 0.361. The molecule has 3 heterocycles. The predicted molar refractivity (Wildman–Crippen MR) is 115 cm³/mol. The number of hydrogen-bond acceptors (Lipinski definition) is 4. The molecule has 150 valence electrons. The molecule has 1 aliphatic rings. The molecule has 0 atom stereocenters. The Morgan fingerprint density at radius 1 is 1.14 bits per heavy atom. The molecule has 0 radical (unpaired) electrons. The SMILES string of the molecule is CC/C(=N\O)N1CCC(c2[nH]nc(-c3ccc(Cl)cc3)c2-c2ccncc2)CC1.